The number of aryl methyl sites for hydroxylation is 2. The fourth-order valence-electron chi connectivity index (χ4n) is 2.12. The van der Waals surface area contributed by atoms with Crippen LogP contribution in [0.2, 0.25) is 0 Å². The summed E-state index contributed by atoms with van der Waals surface area (Å²) in [6.45, 7) is 3.82. The molecular formula is C16H16N2OS. The van der Waals surface area contributed by atoms with Gasteiger partial charge in [0.1, 0.15) is 4.99 Å². The number of anilines is 1. The zero-order valence-corrected chi connectivity index (χ0v) is 12.3. The highest BCUT2D eigenvalue weighted by Crippen LogP contribution is 2.20. The number of thiocarbonyl (C=S) groups is 1. The molecular weight excluding hydrogens is 268 g/mol. The summed E-state index contributed by atoms with van der Waals surface area (Å²) in [5.41, 5.74) is 9.61. The lowest BCUT2D eigenvalue weighted by molar-refractivity contribution is 0.102. The van der Waals surface area contributed by atoms with Crippen LogP contribution in [0.1, 0.15) is 27.0 Å². The molecule has 0 aliphatic heterocycles. The fourth-order valence-corrected chi connectivity index (χ4v) is 2.39. The number of nitrogens with one attached hydrogen (secondary N) is 1. The van der Waals surface area contributed by atoms with Crippen LogP contribution in [-0.2, 0) is 0 Å². The molecule has 0 heterocycles. The first-order chi connectivity index (χ1) is 9.50. The van der Waals surface area contributed by atoms with Gasteiger partial charge in [0.25, 0.3) is 5.91 Å². The molecule has 0 aliphatic carbocycles. The highest BCUT2D eigenvalue weighted by Gasteiger charge is 2.13. The second kappa shape index (κ2) is 5.84. The van der Waals surface area contributed by atoms with Gasteiger partial charge in [-0.2, -0.15) is 0 Å². The Balaban J connectivity index is 2.36. The van der Waals surface area contributed by atoms with E-state index in [9.17, 15) is 4.79 Å². The number of rotatable bonds is 3. The van der Waals surface area contributed by atoms with Crippen molar-refractivity contribution in [3.8, 4) is 0 Å². The summed E-state index contributed by atoms with van der Waals surface area (Å²) in [6, 6.07) is 13.0. The molecule has 3 N–H and O–H groups in total. The van der Waals surface area contributed by atoms with E-state index in [1.807, 2.05) is 44.2 Å². The van der Waals surface area contributed by atoms with Crippen molar-refractivity contribution in [2.24, 2.45) is 5.73 Å². The Hall–Kier alpha value is -2.20. The van der Waals surface area contributed by atoms with E-state index in [4.69, 9.17) is 18.0 Å². The average Bonchev–Trinajstić information content (AvgIpc) is 2.38. The predicted molar refractivity (Wildman–Crippen MR) is 86.2 cm³/mol. The van der Waals surface area contributed by atoms with Crippen molar-refractivity contribution in [3.63, 3.8) is 0 Å². The minimum absolute atomic E-state index is 0.161. The quantitative estimate of drug-likeness (QED) is 0.851. The molecule has 1 amide bonds. The molecule has 0 aliphatic rings. The van der Waals surface area contributed by atoms with Crippen LogP contribution in [0.25, 0.3) is 0 Å². The van der Waals surface area contributed by atoms with Crippen LogP contribution in [-0.4, -0.2) is 10.9 Å². The molecule has 2 rings (SSSR count). The summed E-state index contributed by atoms with van der Waals surface area (Å²) >= 11 is 5.06. The molecule has 0 aromatic heterocycles. The van der Waals surface area contributed by atoms with E-state index in [1.165, 1.54) is 0 Å². The summed E-state index contributed by atoms with van der Waals surface area (Å²) in [5, 5.41) is 2.88. The maximum absolute atomic E-state index is 12.3. The van der Waals surface area contributed by atoms with E-state index in [0.717, 1.165) is 11.1 Å². The first kappa shape index (κ1) is 14.2. The maximum Gasteiger partial charge on any atom is 0.255 e. The number of hydrogen-bond acceptors (Lipinski definition) is 2. The van der Waals surface area contributed by atoms with Gasteiger partial charge in [0, 0.05) is 11.1 Å². The van der Waals surface area contributed by atoms with Gasteiger partial charge in [-0.25, -0.2) is 0 Å². The molecule has 0 saturated heterocycles. The number of carbonyl (C=O) groups excluding carboxylic acids is 1. The van der Waals surface area contributed by atoms with Crippen molar-refractivity contribution >= 4 is 28.8 Å². The molecule has 0 radical (unpaired) electrons. The molecule has 2 aromatic carbocycles. The van der Waals surface area contributed by atoms with E-state index in [0.29, 0.717) is 16.8 Å². The third kappa shape index (κ3) is 2.86. The zero-order chi connectivity index (χ0) is 14.7. The zero-order valence-electron chi connectivity index (χ0n) is 11.4. The van der Waals surface area contributed by atoms with Gasteiger partial charge in [-0.05, 0) is 37.1 Å². The van der Waals surface area contributed by atoms with Crippen LogP contribution < -0.4 is 11.1 Å². The van der Waals surface area contributed by atoms with E-state index >= 15 is 0 Å². The van der Waals surface area contributed by atoms with E-state index < -0.39 is 0 Å². The lowest BCUT2D eigenvalue weighted by Gasteiger charge is -2.13. The Kier molecular flexibility index (Phi) is 4.15. The molecule has 20 heavy (non-hydrogen) atoms. The van der Waals surface area contributed by atoms with Gasteiger partial charge in [0.2, 0.25) is 0 Å². The lowest BCUT2D eigenvalue weighted by Crippen LogP contribution is -2.19. The molecule has 3 nitrogen and oxygen atoms in total. The molecule has 0 saturated carbocycles. The molecule has 4 heteroatoms. The van der Waals surface area contributed by atoms with Gasteiger partial charge < -0.3 is 11.1 Å². The topological polar surface area (TPSA) is 55.1 Å². The van der Waals surface area contributed by atoms with Crippen LogP contribution >= 0.6 is 12.2 Å². The lowest BCUT2D eigenvalue weighted by atomic mass is 10.0. The largest absolute Gasteiger partial charge is 0.389 e. The number of hydrogen-bond donors (Lipinski definition) is 2. The SMILES string of the molecule is Cc1ccccc1C(=O)Nc1cccc(C)c1C(N)=S. The van der Waals surface area contributed by atoms with Crippen molar-refractivity contribution in [3.05, 3.63) is 64.7 Å². The first-order valence-corrected chi connectivity index (χ1v) is 6.68. The van der Waals surface area contributed by atoms with Gasteiger partial charge in [0.05, 0.1) is 5.69 Å². The molecule has 0 unspecified atom stereocenters. The Labute approximate surface area is 123 Å². The number of nitrogens with two attached hydrogens (primary N) is 1. The highest BCUT2D eigenvalue weighted by atomic mass is 32.1. The predicted octanol–water partition coefficient (Wildman–Crippen LogP) is 3.19. The summed E-state index contributed by atoms with van der Waals surface area (Å²) in [4.78, 5) is 12.6. The van der Waals surface area contributed by atoms with Gasteiger partial charge >= 0.3 is 0 Å². The minimum atomic E-state index is -0.161. The monoisotopic (exact) mass is 284 g/mol. The van der Waals surface area contributed by atoms with Crippen molar-refractivity contribution in [2.45, 2.75) is 13.8 Å². The van der Waals surface area contributed by atoms with E-state index in [-0.39, 0.29) is 10.9 Å². The summed E-state index contributed by atoms with van der Waals surface area (Å²) in [6.07, 6.45) is 0. The van der Waals surface area contributed by atoms with Crippen molar-refractivity contribution < 1.29 is 4.79 Å². The summed E-state index contributed by atoms with van der Waals surface area (Å²) in [7, 11) is 0. The van der Waals surface area contributed by atoms with E-state index in [1.54, 1.807) is 12.1 Å². The van der Waals surface area contributed by atoms with E-state index in [2.05, 4.69) is 5.32 Å². The highest BCUT2D eigenvalue weighted by molar-refractivity contribution is 7.80. The first-order valence-electron chi connectivity index (χ1n) is 6.27. The Morgan fingerprint density at radius 1 is 1.05 bits per heavy atom. The van der Waals surface area contributed by atoms with Crippen LogP contribution in [0.5, 0.6) is 0 Å². The van der Waals surface area contributed by atoms with Crippen molar-refractivity contribution in [1.29, 1.82) is 0 Å². The van der Waals surface area contributed by atoms with Crippen molar-refractivity contribution in [2.75, 3.05) is 5.32 Å². The minimum Gasteiger partial charge on any atom is -0.389 e. The standard InChI is InChI=1S/C16H16N2OS/c1-10-6-3-4-8-12(10)16(19)18-13-9-5-7-11(2)14(13)15(17)20/h3-9H,1-2H3,(H2,17,20)(H,18,19). The second-order valence-corrected chi connectivity index (χ2v) is 5.07. The average molecular weight is 284 g/mol. The van der Waals surface area contributed by atoms with Crippen LogP contribution in [0.15, 0.2) is 42.5 Å². The molecule has 0 atom stereocenters. The molecule has 102 valence electrons. The number of benzene rings is 2. The number of amides is 1. The molecule has 0 spiro atoms. The molecule has 0 fully saturated rings. The summed E-state index contributed by atoms with van der Waals surface area (Å²) in [5.74, 6) is -0.161. The van der Waals surface area contributed by atoms with Crippen LogP contribution in [0, 0.1) is 13.8 Å². The van der Waals surface area contributed by atoms with Gasteiger partial charge in [-0.3, -0.25) is 4.79 Å². The Morgan fingerprint density at radius 2 is 1.70 bits per heavy atom. The van der Waals surface area contributed by atoms with Gasteiger partial charge in [-0.1, -0.05) is 42.5 Å². The molecule has 2 aromatic rings. The Morgan fingerprint density at radius 3 is 2.35 bits per heavy atom. The fraction of sp³-hybridized carbons (Fsp3) is 0.125. The maximum atomic E-state index is 12.3. The normalized spacial score (nSPS) is 10.1. The van der Waals surface area contributed by atoms with Crippen LogP contribution in [0.4, 0.5) is 5.69 Å². The van der Waals surface area contributed by atoms with Gasteiger partial charge in [0.15, 0.2) is 0 Å². The third-order valence-corrected chi connectivity index (χ3v) is 3.36. The number of carbonyl (C=O) groups is 1. The smallest absolute Gasteiger partial charge is 0.255 e. The third-order valence-electron chi connectivity index (χ3n) is 3.16. The van der Waals surface area contributed by atoms with Crippen LogP contribution in [0.3, 0.4) is 0 Å². The Bertz CT molecular complexity index is 680. The molecule has 0 bridgehead atoms. The second-order valence-electron chi connectivity index (χ2n) is 4.63. The van der Waals surface area contributed by atoms with Crippen molar-refractivity contribution in [1.82, 2.24) is 0 Å². The van der Waals surface area contributed by atoms with Gasteiger partial charge in [-0.15, -0.1) is 0 Å². The summed E-state index contributed by atoms with van der Waals surface area (Å²) < 4.78 is 0.